The number of nitrogens with one attached hydrogen (secondary N) is 2. The zero-order valence-corrected chi connectivity index (χ0v) is 18.0. The molecule has 30 heavy (non-hydrogen) atoms. The second-order valence-corrected chi connectivity index (χ2v) is 7.69. The van der Waals surface area contributed by atoms with Gasteiger partial charge in [0.25, 0.3) is 0 Å². The monoisotopic (exact) mass is 408 g/mol. The number of carbonyl (C=O) groups excluding carboxylic acids is 2. The largest absolute Gasteiger partial charge is 0.463 e. The molecule has 6 nitrogen and oxygen atoms in total. The van der Waals surface area contributed by atoms with Crippen molar-refractivity contribution in [3.8, 4) is 0 Å². The highest BCUT2D eigenvalue weighted by Crippen LogP contribution is 2.30. The van der Waals surface area contributed by atoms with Gasteiger partial charge in [-0.05, 0) is 38.8 Å². The Morgan fingerprint density at radius 2 is 1.73 bits per heavy atom. The number of hydrogen-bond acceptors (Lipinski definition) is 3. The number of hydrogen-bond donors (Lipinski definition) is 3. The van der Waals surface area contributed by atoms with Crippen LogP contribution in [-0.4, -0.2) is 25.2 Å². The Kier molecular flexibility index (Phi) is 6.90. The molecule has 3 rings (SSSR count). The molecule has 158 valence electrons. The van der Waals surface area contributed by atoms with Gasteiger partial charge >= 0.3 is 12.0 Å². The first-order valence-electron chi connectivity index (χ1n) is 10.3. The maximum Gasteiger partial charge on any atom is 0.338 e. The van der Waals surface area contributed by atoms with Gasteiger partial charge in [-0.2, -0.15) is 0 Å². The summed E-state index contributed by atoms with van der Waals surface area (Å²) < 4.78 is 5.34. The molecule has 1 aliphatic heterocycles. The van der Waals surface area contributed by atoms with Crippen LogP contribution in [0.15, 0.2) is 53.7 Å². The van der Waals surface area contributed by atoms with Gasteiger partial charge in [0.1, 0.15) is 13.1 Å². The molecular formula is C24H30N3O3+. The molecule has 0 radical (unpaired) electrons. The summed E-state index contributed by atoms with van der Waals surface area (Å²) in [6, 6.07) is 13.5. The van der Waals surface area contributed by atoms with E-state index in [2.05, 4.69) is 47.1 Å². The average molecular weight is 409 g/mol. The zero-order chi connectivity index (χ0) is 21.7. The summed E-state index contributed by atoms with van der Waals surface area (Å²) in [5.41, 5.74) is 6.44. The second kappa shape index (κ2) is 9.59. The number of carbonyl (C=O) groups is 2. The lowest BCUT2D eigenvalue weighted by Crippen LogP contribution is -2.84. The summed E-state index contributed by atoms with van der Waals surface area (Å²) in [6.07, 6.45) is 0. The van der Waals surface area contributed by atoms with Crippen LogP contribution in [0.1, 0.15) is 40.8 Å². The molecule has 0 aromatic heterocycles. The van der Waals surface area contributed by atoms with E-state index in [4.69, 9.17) is 4.74 Å². The minimum Gasteiger partial charge on any atom is -0.463 e. The van der Waals surface area contributed by atoms with Gasteiger partial charge in [0.2, 0.25) is 0 Å². The van der Waals surface area contributed by atoms with E-state index in [1.54, 1.807) is 6.92 Å². The fraction of sp³-hybridized carbons (Fsp3) is 0.333. The third-order valence-corrected chi connectivity index (χ3v) is 5.24. The van der Waals surface area contributed by atoms with Crippen molar-refractivity contribution in [3.63, 3.8) is 0 Å². The maximum absolute atomic E-state index is 12.9. The summed E-state index contributed by atoms with van der Waals surface area (Å²) >= 11 is 0. The average Bonchev–Trinajstić information content (AvgIpc) is 2.71. The topological polar surface area (TPSA) is 84.0 Å². The number of amides is 2. The van der Waals surface area contributed by atoms with E-state index in [-0.39, 0.29) is 12.6 Å². The number of quaternary nitrogens is 1. The number of urea groups is 1. The molecule has 4 N–H and O–H groups in total. The summed E-state index contributed by atoms with van der Waals surface area (Å²) in [7, 11) is 0. The number of ether oxygens (including phenoxy) is 1. The molecular weight excluding hydrogens is 378 g/mol. The maximum atomic E-state index is 12.9. The summed E-state index contributed by atoms with van der Waals surface area (Å²) in [5.74, 6) is -0.408. The van der Waals surface area contributed by atoms with Gasteiger partial charge in [0.15, 0.2) is 0 Å². The van der Waals surface area contributed by atoms with Crippen molar-refractivity contribution in [2.24, 2.45) is 0 Å². The second-order valence-electron chi connectivity index (χ2n) is 7.69. The molecule has 0 aliphatic carbocycles. The van der Waals surface area contributed by atoms with Crippen LogP contribution in [0.3, 0.4) is 0 Å². The van der Waals surface area contributed by atoms with Crippen LogP contribution < -0.4 is 16.0 Å². The molecule has 0 unspecified atom stereocenters. The molecule has 6 heteroatoms. The first kappa shape index (κ1) is 21.6. The molecule has 2 amide bonds. The Hall–Kier alpha value is -3.12. The van der Waals surface area contributed by atoms with Crippen LogP contribution in [0.25, 0.3) is 0 Å². The smallest absolute Gasteiger partial charge is 0.338 e. The Morgan fingerprint density at radius 3 is 2.43 bits per heavy atom. The zero-order valence-electron chi connectivity index (χ0n) is 18.0. The fourth-order valence-corrected chi connectivity index (χ4v) is 3.64. The fourth-order valence-electron chi connectivity index (χ4n) is 3.64. The summed E-state index contributed by atoms with van der Waals surface area (Å²) in [5, 5.41) is 7.82. The molecule has 0 spiro atoms. The van der Waals surface area contributed by atoms with Gasteiger partial charge in [0.05, 0.1) is 23.9 Å². The van der Waals surface area contributed by atoms with Crippen molar-refractivity contribution in [2.75, 3.05) is 13.2 Å². The van der Waals surface area contributed by atoms with Crippen molar-refractivity contribution in [1.29, 1.82) is 0 Å². The Balaban J connectivity index is 1.91. The molecule has 1 heterocycles. The van der Waals surface area contributed by atoms with Gasteiger partial charge in [-0.15, -0.1) is 0 Å². The quantitative estimate of drug-likeness (QED) is 0.616. The number of nitrogens with two attached hydrogens (primary N) is 1. The first-order valence-corrected chi connectivity index (χ1v) is 10.3. The molecule has 1 atom stereocenters. The highest BCUT2D eigenvalue weighted by Gasteiger charge is 2.35. The van der Waals surface area contributed by atoms with E-state index in [0.29, 0.717) is 17.8 Å². The first-order chi connectivity index (χ1) is 14.4. The van der Waals surface area contributed by atoms with Gasteiger partial charge < -0.3 is 20.7 Å². The predicted molar refractivity (Wildman–Crippen MR) is 116 cm³/mol. The van der Waals surface area contributed by atoms with Gasteiger partial charge in [-0.3, -0.25) is 0 Å². The van der Waals surface area contributed by atoms with E-state index >= 15 is 0 Å². The van der Waals surface area contributed by atoms with E-state index < -0.39 is 12.0 Å². The minimum absolute atomic E-state index is 0.274. The normalized spacial score (nSPS) is 16.1. The number of esters is 1. The molecule has 0 bridgehead atoms. The van der Waals surface area contributed by atoms with Gasteiger partial charge in [-0.25, -0.2) is 9.59 Å². The van der Waals surface area contributed by atoms with Gasteiger partial charge in [-0.1, -0.05) is 53.6 Å². The molecule has 0 fully saturated rings. The molecule has 2 aromatic rings. The number of aryl methyl sites for hydroxylation is 3. The summed E-state index contributed by atoms with van der Waals surface area (Å²) in [6.45, 7) is 9.31. The number of rotatable bonds is 7. The number of benzene rings is 2. The highest BCUT2D eigenvalue weighted by molar-refractivity contribution is 5.95. The Labute approximate surface area is 177 Å². The lowest BCUT2D eigenvalue weighted by molar-refractivity contribution is -0.664. The minimum atomic E-state index is -0.541. The van der Waals surface area contributed by atoms with Gasteiger partial charge in [0, 0.05) is 5.56 Å². The molecule has 1 aliphatic rings. The predicted octanol–water partition coefficient (Wildman–Crippen LogP) is 2.55. The Morgan fingerprint density at radius 1 is 1.03 bits per heavy atom. The van der Waals surface area contributed by atoms with Crippen LogP contribution in [0.4, 0.5) is 4.79 Å². The lowest BCUT2D eigenvalue weighted by atomic mass is 9.91. The van der Waals surface area contributed by atoms with E-state index in [1.807, 2.05) is 32.0 Å². The van der Waals surface area contributed by atoms with Crippen molar-refractivity contribution in [2.45, 2.75) is 40.3 Å². The molecule has 2 aromatic carbocycles. The SMILES string of the molecule is CCOC(=O)C1=C(C[NH2+]Cc2ccc(C)cc2)NC(=O)N[C@@H]1c1cc(C)ccc1C. The third kappa shape index (κ3) is 5.07. The molecule has 0 saturated carbocycles. The molecule has 0 saturated heterocycles. The Bertz CT molecular complexity index is 964. The highest BCUT2D eigenvalue weighted by atomic mass is 16.5. The van der Waals surface area contributed by atoms with E-state index in [1.165, 1.54) is 11.1 Å². The van der Waals surface area contributed by atoms with Crippen molar-refractivity contribution in [1.82, 2.24) is 10.6 Å². The van der Waals surface area contributed by atoms with Crippen LogP contribution in [0.2, 0.25) is 0 Å². The van der Waals surface area contributed by atoms with Crippen molar-refractivity contribution < 1.29 is 19.6 Å². The van der Waals surface area contributed by atoms with Crippen LogP contribution >= 0.6 is 0 Å². The standard InChI is InChI=1S/C24H29N3O3/c1-5-30-23(28)21-20(14-25-13-18-10-7-15(2)8-11-18)26-24(29)27-22(21)19-12-16(3)6-9-17(19)4/h6-12,22,25H,5,13-14H2,1-4H3,(H2,26,27,29)/p+1/t22-/m1/s1. The van der Waals surface area contributed by atoms with E-state index in [0.717, 1.165) is 23.2 Å². The van der Waals surface area contributed by atoms with Crippen LogP contribution in [0, 0.1) is 20.8 Å². The van der Waals surface area contributed by atoms with Crippen molar-refractivity contribution in [3.05, 3.63) is 81.6 Å². The summed E-state index contributed by atoms with van der Waals surface area (Å²) in [4.78, 5) is 25.3. The van der Waals surface area contributed by atoms with Crippen LogP contribution in [-0.2, 0) is 16.1 Å². The van der Waals surface area contributed by atoms with E-state index in [9.17, 15) is 9.59 Å². The van der Waals surface area contributed by atoms with Crippen molar-refractivity contribution >= 4 is 12.0 Å². The van der Waals surface area contributed by atoms with Crippen LogP contribution in [0.5, 0.6) is 0 Å². The third-order valence-electron chi connectivity index (χ3n) is 5.24. The lowest BCUT2D eigenvalue weighted by Gasteiger charge is -2.30.